The monoisotopic (exact) mass is 325 g/mol. The molecule has 0 saturated carbocycles. The molecule has 0 N–H and O–H groups in total. The van der Waals surface area contributed by atoms with Crippen molar-refractivity contribution in [3.8, 4) is 0 Å². The molecular weight excluding hydrogens is 298 g/mol. The standard InChI is InChI=1S/C19H27N5/c1-3-23(4-2)18-14-19(21-16-20-18)24-12-10-22(11-13-24)15-17-8-6-5-7-9-17/h5-9,14,16H,3-4,10-13,15H2,1-2H3. The number of nitrogens with zero attached hydrogens (tertiary/aromatic N) is 5. The van der Waals surface area contributed by atoms with Crippen LogP contribution in [-0.4, -0.2) is 54.1 Å². The van der Waals surface area contributed by atoms with Crippen molar-refractivity contribution in [1.82, 2.24) is 14.9 Å². The molecule has 24 heavy (non-hydrogen) atoms. The van der Waals surface area contributed by atoms with Gasteiger partial charge in [0.25, 0.3) is 0 Å². The Morgan fingerprint density at radius 2 is 1.67 bits per heavy atom. The first-order valence-corrected chi connectivity index (χ1v) is 8.88. The second-order valence-corrected chi connectivity index (χ2v) is 6.16. The SMILES string of the molecule is CCN(CC)c1cc(N2CCN(Cc3ccccc3)CC2)ncn1. The fourth-order valence-corrected chi connectivity index (χ4v) is 3.21. The van der Waals surface area contributed by atoms with E-state index in [1.54, 1.807) is 6.33 Å². The zero-order chi connectivity index (χ0) is 16.8. The lowest BCUT2D eigenvalue weighted by molar-refractivity contribution is 0.249. The van der Waals surface area contributed by atoms with Gasteiger partial charge in [0.1, 0.15) is 18.0 Å². The second-order valence-electron chi connectivity index (χ2n) is 6.16. The van der Waals surface area contributed by atoms with Crippen molar-refractivity contribution in [2.75, 3.05) is 49.1 Å². The van der Waals surface area contributed by atoms with Gasteiger partial charge in [-0.1, -0.05) is 30.3 Å². The van der Waals surface area contributed by atoms with Gasteiger partial charge in [0.05, 0.1) is 0 Å². The van der Waals surface area contributed by atoms with E-state index in [0.29, 0.717) is 0 Å². The molecular formula is C19H27N5. The van der Waals surface area contributed by atoms with Crippen molar-refractivity contribution < 1.29 is 0 Å². The van der Waals surface area contributed by atoms with Crippen molar-refractivity contribution in [3.05, 3.63) is 48.3 Å². The minimum atomic E-state index is 0.970. The van der Waals surface area contributed by atoms with E-state index in [2.05, 4.69) is 74.9 Å². The fourth-order valence-electron chi connectivity index (χ4n) is 3.21. The summed E-state index contributed by atoms with van der Waals surface area (Å²) in [6.07, 6.45) is 1.69. The molecule has 0 bridgehead atoms. The molecule has 0 spiro atoms. The maximum Gasteiger partial charge on any atom is 0.134 e. The third kappa shape index (κ3) is 4.03. The van der Waals surface area contributed by atoms with Gasteiger partial charge >= 0.3 is 0 Å². The molecule has 5 heteroatoms. The van der Waals surface area contributed by atoms with Crippen molar-refractivity contribution in [2.24, 2.45) is 0 Å². The Kier molecular flexibility index (Phi) is 5.64. The van der Waals surface area contributed by atoms with Crippen molar-refractivity contribution in [1.29, 1.82) is 0 Å². The first-order valence-electron chi connectivity index (χ1n) is 8.88. The number of benzene rings is 1. The lowest BCUT2D eigenvalue weighted by Gasteiger charge is -2.35. The molecule has 1 saturated heterocycles. The molecule has 0 aliphatic carbocycles. The highest BCUT2D eigenvalue weighted by Crippen LogP contribution is 2.19. The van der Waals surface area contributed by atoms with Gasteiger partial charge in [-0.2, -0.15) is 0 Å². The van der Waals surface area contributed by atoms with E-state index in [4.69, 9.17) is 0 Å². The number of hydrogen-bond acceptors (Lipinski definition) is 5. The first kappa shape index (κ1) is 16.7. The molecule has 0 unspecified atom stereocenters. The molecule has 0 radical (unpaired) electrons. The normalized spacial score (nSPS) is 15.5. The third-order valence-electron chi connectivity index (χ3n) is 4.67. The van der Waals surface area contributed by atoms with E-state index < -0.39 is 0 Å². The average Bonchev–Trinajstić information content (AvgIpc) is 2.65. The van der Waals surface area contributed by atoms with E-state index in [0.717, 1.165) is 57.4 Å². The van der Waals surface area contributed by atoms with E-state index in [1.807, 2.05) is 0 Å². The number of piperazine rings is 1. The topological polar surface area (TPSA) is 35.5 Å². The van der Waals surface area contributed by atoms with Crippen molar-refractivity contribution in [2.45, 2.75) is 20.4 Å². The summed E-state index contributed by atoms with van der Waals surface area (Å²) in [4.78, 5) is 16.1. The molecule has 128 valence electrons. The summed E-state index contributed by atoms with van der Waals surface area (Å²) in [7, 11) is 0. The summed E-state index contributed by atoms with van der Waals surface area (Å²) in [5.74, 6) is 2.07. The minimum absolute atomic E-state index is 0.970. The van der Waals surface area contributed by atoms with Crippen LogP contribution in [0.15, 0.2) is 42.7 Å². The molecule has 2 aromatic rings. The third-order valence-corrected chi connectivity index (χ3v) is 4.67. The van der Waals surface area contributed by atoms with Crippen LogP contribution < -0.4 is 9.80 Å². The Labute approximate surface area is 144 Å². The number of hydrogen-bond donors (Lipinski definition) is 0. The molecule has 1 aliphatic heterocycles. The van der Waals surface area contributed by atoms with Gasteiger partial charge < -0.3 is 9.80 Å². The molecule has 1 aliphatic rings. The highest BCUT2D eigenvalue weighted by molar-refractivity contribution is 5.50. The van der Waals surface area contributed by atoms with Crippen molar-refractivity contribution >= 4 is 11.6 Å². The summed E-state index contributed by atoms with van der Waals surface area (Å²) in [6, 6.07) is 12.8. The summed E-state index contributed by atoms with van der Waals surface area (Å²) in [6.45, 7) is 11.5. The van der Waals surface area contributed by atoms with Gasteiger partial charge in [-0.15, -0.1) is 0 Å². The summed E-state index contributed by atoms with van der Waals surface area (Å²) >= 11 is 0. The largest absolute Gasteiger partial charge is 0.357 e. The number of rotatable bonds is 6. The van der Waals surface area contributed by atoms with Gasteiger partial charge in [-0.3, -0.25) is 4.90 Å². The Morgan fingerprint density at radius 1 is 0.958 bits per heavy atom. The van der Waals surface area contributed by atoms with Crippen LogP contribution in [0.5, 0.6) is 0 Å². The number of anilines is 2. The van der Waals surface area contributed by atoms with Gasteiger partial charge in [0.2, 0.25) is 0 Å². The Hall–Kier alpha value is -2.14. The van der Waals surface area contributed by atoms with Gasteiger partial charge in [-0.05, 0) is 19.4 Å². The quantitative estimate of drug-likeness (QED) is 0.816. The van der Waals surface area contributed by atoms with Crippen LogP contribution in [-0.2, 0) is 6.54 Å². The maximum atomic E-state index is 4.49. The van der Waals surface area contributed by atoms with Crippen LogP contribution >= 0.6 is 0 Å². The lowest BCUT2D eigenvalue weighted by Crippen LogP contribution is -2.46. The van der Waals surface area contributed by atoms with Crippen LogP contribution in [0.2, 0.25) is 0 Å². The van der Waals surface area contributed by atoms with E-state index >= 15 is 0 Å². The summed E-state index contributed by atoms with van der Waals surface area (Å²) in [5.41, 5.74) is 1.39. The minimum Gasteiger partial charge on any atom is -0.357 e. The molecule has 1 aromatic heterocycles. The van der Waals surface area contributed by atoms with E-state index in [9.17, 15) is 0 Å². The Balaban J connectivity index is 1.59. The van der Waals surface area contributed by atoms with Gasteiger partial charge in [-0.25, -0.2) is 9.97 Å². The van der Waals surface area contributed by atoms with Gasteiger partial charge in [0, 0.05) is 51.9 Å². The van der Waals surface area contributed by atoms with Crippen LogP contribution in [0.1, 0.15) is 19.4 Å². The van der Waals surface area contributed by atoms with E-state index in [-0.39, 0.29) is 0 Å². The smallest absolute Gasteiger partial charge is 0.134 e. The fraction of sp³-hybridized carbons (Fsp3) is 0.474. The molecule has 0 amide bonds. The predicted molar refractivity (Wildman–Crippen MR) is 99.5 cm³/mol. The van der Waals surface area contributed by atoms with Crippen LogP contribution in [0, 0.1) is 0 Å². The highest BCUT2D eigenvalue weighted by atomic mass is 15.3. The van der Waals surface area contributed by atoms with Gasteiger partial charge in [0.15, 0.2) is 0 Å². The summed E-state index contributed by atoms with van der Waals surface area (Å²) < 4.78 is 0. The predicted octanol–water partition coefficient (Wildman–Crippen LogP) is 2.65. The molecule has 5 nitrogen and oxygen atoms in total. The molecule has 1 fully saturated rings. The van der Waals surface area contributed by atoms with Crippen LogP contribution in [0.4, 0.5) is 11.6 Å². The molecule has 2 heterocycles. The van der Waals surface area contributed by atoms with Crippen molar-refractivity contribution in [3.63, 3.8) is 0 Å². The lowest BCUT2D eigenvalue weighted by atomic mass is 10.2. The van der Waals surface area contributed by atoms with Crippen LogP contribution in [0.25, 0.3) is 0 Å². The average molecular weight is 325 g/mol. The second kappa shape index (κ2) is 8.11. The summed E-state index contributed by atoms with van der Waals surface area (Å²) in [5, 5.41) is 0. The Morgan fingerprint density at radius 3 is 2.33 bits per heavy atom. The zero-order valence-electron chi connectivity index (χ0n) is 14.7. The van der Waals surface area contributed by atoms with E-state index in [1.165, 1.54) is 5.56 Å². The Bertz CT molecular complexity index is 619. The number of aromatic nitrogens is 2. The zero-order valence-corrected chi connectivity index (χ0v) is 14.7. The highest BCUT2D eigenvalue weighted by Gasteiger charge is 2.19. The first-order chi connectivity index (χ1) is 11.8. The maximum absolute atomic E-state index is 4.49. The van der Waals surface area contributed by atoms with Crippen LogP contribution in [0.3, 0.4) is 0 Å². The molecule has 3 rings (SSSR count). The molecule has 0 atom stereocenters. The molecule has 1 aromatic carbocycles.